The van der Waals surface area contributed by atoms with Crippen molar-refractivity contribution in [3.05, 3.63) is 63.7 Å². The van der Waals surface area contributed by atoms with E-state index in [9.17, 15) is 15.2 Å². The van der Waals surface area contributed by atoms with Crippen molar-refractivity contribution < 1.29 is 24.8 Å². The summed E-state index contributed by atoms with van der Waals surface area (Å²) in [6.07, 6.45) is -0.342. The van der Waals surface area contributed by atoms with Gasteiger partial charge in [0, 0.05) is 17.7 Å². The summed E-state index contributed by atoms with van der Waals surface area (Å²) in [6.45, 7) is 0.714. The number of methoxy groups -OCH3 is 1. The van der Waals surface area contributed by atoms with E-state index in [0.717, 1.165) is 11.1 Å². The lowest BCUT2D eigenvalue weighted by molar-refractivity contribution is -0.698. The first kappa shape index (κ1) is 15.3. The number of rotatable bonds is 4. The molecule has 23 heavy (non-hydrogen) atoms. The Labute approximate surface area is 132 Å². The van der Waals surface area contributed by atoms with Gasteiger partial charge in [0.2, 0.25) is 6.23 Å². The fourth-order valence-electron chi connectivity index (χ4n) is 2.65. The minimum Gasteiger partial charge on any atom is -0.504 e. The molecule has 2 aromatic rings. The number of ether oxygens (including phenoxy) is 2. The number of hydrogen-bond donors (Lipinski definition) is 2. The summed E-state index contributed by atoms with van der Waals surface area (Å²) in [6, 6.07) is 11.5. The van der Waals surface area contributed by atoms with Gasteiger partial charge in [-0.2, -0.15) is 0 Å². The summed E-state index contributed by atoms with van der Waals surface area (Å²) in [4.78, 5) is 10.3. The van der Waals surface area contributed by atoms with E-state index in [1.54, 1.807) is 30.3 Å². The number of aromatic hydroxyl groups is 1. The molecule has 0 aromatic heterocycles. The first-order chi connectivity index (χ1) is 11.1. The number of nitrogens with two attached hydrogens (primary N) is 1. The van der Waals surface area contributed by atoms with Crippen molar-refractivity contribution in [3.63, 3.8) is 0 Å². The predicted octanol–water partition coefficient (Wildman–Crippen LogP) is 1.64. The summed E-state index contributed by atoms with van der Waals surface area (Å²) >= 11 is 0. The molecule has 0 bridgehead atoms. The first-order valence-electron chi connectivity index (χ1n) is 7.18. The van der Waals surface area contributed by atoms with Crippen LogP contribution in [0.5, 0.6) is 11.5 Å². The van der Waals surface area contributed by atoms with E-state index in [0.29, 0.717) is 12.3 Å². The maximum absolute atomic E-state index is 10.7. The van der Waals surface area contributed by atoms with Gasteiger partial charge in [-0.25, -0.2) is 0 Å². The molecule has 1 aliphatic heterocycles. The Morgan fingerprint density at radius 3 is 2.61 bits per heavy atom. The van der Waals surface area contributed by atoms with E-state index in [2.05, 4.69) is 0 Å². The third-order valence-electron chi connectivity index (χ3n) is 3.88. The van der Waals surface area contributed by atoms with Gasteiger partial charge in [0.15, 0.2) is 11.5 Å². The van der Waals surface area contributed by atoms with Crippen molar-refractivity contribution in [2.45, 2.75) is 12.3 Å². The molecule has 0 amide bonds. The zero-order chi connectivity index (χ0) is 16.4. The number of nitrogens with zero attached hydrogens (tertiary/aromatic N) is 1. The van der Waals surface area contributed by atoms with Crippen LogP contribution in [-0.2, 0) is 4.74 Å². The van der Waals surface area contributed by atoms with E-state index < -0.39 is 4.92 Å². The summed E-state index contributed by atoms with van der Waals surface area (Å²) in [7, 11) is 1.50. The number of non-ortho nitro benzene ring substituents is 1. The Morgan fingerprint density at radius 1 is 1.26 bits per heavy atom. The lowest BCUT2D eigenvalue weighted by atomic mass is 10.1. The molecule has 3 N–H and O–H groups in total. The van der Waals surface area contributed by atoms with Gasteiger partial charge in [-0.3, -0.25) is 10.1 Å². The lowest BCUT2D eigenvalue weighted by Gasteiger charge is -2.11. The van der Waals surface area contributed by atoms with Gasteiger partial charge in [0.05, 0.1) is 12.0 Å². The van der Waals surface area contributed by atoms with Crippen LogP contribution < -0.4 is 10.1 Å². The number of phenols is 1. The van der Waals surface area contributed by atoms with Crippen LogP contribution in [0.1, 0.15) is 23.5 Å². The third-order valence-corrected chi connectivity index (χ3v) is 3.88. The normalized spacial score (nSPS) is 20.4. The molecule has 1 heterocycles. The SMILES string of the molecule is COc1cc(C2[NH2+]CC(c3ccc([N+](=O)[O-])cc3)O2)ccc1O. The van der Waals surface area contributed by atoms with E-state index in [1.807, 2.05) is 5.32 Å². The Morgan fingerprint density at radius 2 is 1.96 bits per heavy atom. The molecule has 2 aromatic carbocycles. The van der Waals surface area contributed by atoms with Crippen molar-refractivity contribution in [1.82, 2.24) is 0 Å². The summed E-state index contributed by atoms with van der Waals surface area (Å²) in [5, 5.41) is 22.4. The van der Waals surface area contributed by atoms with Crippen molar-refractivity contribution in [2.24, 2.45) is 0 Å². The molecule has 2 atom stereocenters. The molecule has 1 aliphatic rings. The van der Waals surface area contributed by atoms with Gasteiger partial charge in [-0.15, -0.1) is 0 Å². The number of benzene rings is 2. The van der Waals surface area contributed by atoms with Crippen molar-refractivity contribution in [2.75, 3.05) is 13.7 Å². The molecule has 1 fully saturated rings. The first-order valence-corrected chi connectivity index (χ1v) is 7.18. The van der Waals surface area contributed by atoms with Crippen LogP contribution in [0, 0.1) is 10.1 Å². The highest BCUT2D eigenvalue weighted by molar-refractivity contribution is 5.42. The topological polar surface area (TPSA) is 98.4 Å². The van der Waals surface area contributed by atoms with Crippen molar-refractivity contribution >= 4 is 5.69 Å². The Hall–Kier alpha value is -2.64. The molecule has 0 spiro atoms. The van der Waals surface area contributed by atoms with Crippen LogP contribution in [0.3, 0.4) is 0 Å². The van der Waals surface area contributed by atoms with Gasteiger partial charge in [-0.05, 0) is 35.9 Å². The van der Waals surface area contributed by atoms with Crippen LogP contribution in [0.25, 0.3) is 0 Å². The van der Waals surface area contributed by atoms with Gasteiger partial charge >= 0.3 is 0 Å². The molecular formula is C16H17N2O5+. The van der Waals surface area contributed by atoms with E-state index in [-0.39, 0.29) is 23.8 Å². The average molecular weight is 317 g/mol. The highest BCUT2D eigenvalue weighted by atomic mass is 16.6. The molecule has 1 saturated heterocycles. The molecule has 7 heteroatoms. The van der Waals surface area contributed by atoms with Crippen molar-refractivity contribution in [3.8, 4) is 11.5 Å². The average Bonchev–Trinajstić information content (AvgIpc) is 3.05. The largest absolute Gasteiger partial charge is 0.504 e. The zero-order valence-electron chi connectivity index (χ0n) is 12.5. The Balaban J connectivity index is 1.74. The molecular weight excluding hydrogens is 300 g/mol. The second kappa shape index (κ2) is 6.23. The summed E-state index contributed by atoms with van der Waals surface area (Å²) in [5.41, 5.74) is 1.86. The second-order valence-corrected chi connectivity index (χ2v) is 5.30. The standard InChI is InChI=1S/C16H16N2O5/c1-22-14-8-11(4-7-13(14)19)16-17-9-15(23-16)10-2-5-12(6-3-10)18(20)21/h2-8,15-17,19H,9H2,1H3/p+1. The Bertz CT molecular complexity index is 717. The molecule has 0 aliphatic carbocycles. The highest BCUT2D eigenvalue weighted by Crippen LogP contribution is 2.32. The minimum atomic E-state index is -0.420. The van der Waals surface area contributed by atoms with Gasteiger partial charge in [0.25, 0.3) is 5.69 Å². The van der Waals surface area contributed by atoms with Gasteiger partial charge in [-0.1, -0.05) is 0 Å². The molecule has 0 radical (unpaired) electrons. The number of phenolic OH excluding ortho intramolecular Hbond substituents is 1. The van der Waals surface area contributed by atoms with Crippen LogP contribution in [0.15, 0.2) is 42.5 Å². The van der Waals surface area contributed by atoms with Crippen LogP contribution in [0.4, 0.5) is 5.69 Å². The number of nitro benzene ring substituents is 1. The monoisotopic (exact) mass is 317 g/mol. The highest BCUT2D eigenvalue weighted by Gasteiger charge is 2.31. The fourth-order valence-corrected chi connectivity index (χ4v) is 2.65. The summed E-state index contributed by atoms with van der Waals surface area (Å²) in [5.74, 6) is 0.486. The fraction of sp³-hybridized carbons (Fsp3) is 0.250. The van der Waals surface area contributed by atoms with Crippen LogP contribution in [-0.4, -0.2) is 23.7 Å². The van der Waals surface area contributed by atoms with E-state index in [1.165, 1.54) is 19.2 Å². The maximum atomic E-state index is 10.7. The van der Waals surface area contributed by atoms with Crippen LogP contribution in [0.2, 0.25) is 0 Å². The lowest BCUT2D eigenvalue weighted by Crippen LogP contribution is -2.82. The van der Waals surface area contributed by atoms with Crippen molar-refractivity contribution in [1.29, 1.82) is 0 Å². The third kappa shape index (κ3) is 3.10. The Kier molecular flexibility index (Phi) is 4.14. The number of quaternary nitrogens is 1. The van der Waals surface area contributed by atoms with Gasteiger partial charge < -0.3 is 19.9 Å². The molecule has 2 unspecified atom stereocenters. The zero-order valence-corrected chi connectivity index (χ0v) is 12.5. The number of hydrogen-bond acceptors (Lipinski definition) is 5. The smallest absolute Gasteiger partial charge is 0.269 e. The predicted molar refractivity (Wildman–Crippen MR) is 81.1 cm³/mol. The molecule has 120 valence electrons. The van der Waals surface area contributed by atoms with E-state index in [4.69, 9.17) is 9.47 Å². The quantitative estimate of drug-likeness (QED) is 0.660. The molecule has 3 rings (SSSR count). The van der Waals surface area contributed by atoms with Crippen LogP contribution >= 0.6 is 0 Å². The second-order valence-electron chi connectivity index (χ2n) is 5.30. The summed E-state index contributed by atoms with van der Waals surface area (Å²) < 4.78 is 11.1. The molecule has 7 nitrogen and oxygen atoms in total. The number of nitro groups is 1. The minimum absolute atomic E-state index is 0.0653. The molecule has 0 saturated carbocycles. The maximum Gasteiger partial charge on any atom is 0.269 e. The van der Waals surface area contributed by atoms with Gasteiger partial charge in [0.1, 0.15) is 12.6 Å². The van der Waals surface area contributed by atoms with E-state index >= 15 is 0 Å².